The Hall–Kier alpha value is -2.59. The lowest BCUT2D eigenvalue weighted by Crippen LogP contribution is -2.16. The molecule has 0 N–H and O–H groups in total. The van der Waals surface area contributed by atoms with Crippen molar-refractivity contribution in [2.45, 2.75) is 25.2 Å². The van der Waals surface area contributed by atoms with E-state index in [9.17, 15) is 8.42 Å². The van der Waals surface area contributed by atoms with Gasteiger partial charge in [-0.05, 0) is 43.0 Å². The number of rotatable bonds is 6. The molecule has 0 saturated carbocycles. The average molecular weight is 365 g/mol. The van der Waals surface area contributed by atoms with Crippen molar-refractivity contribution in [2.24, 2.45) is 5.92 Å². The van der Waals surface area contributed by atoms with Gasteiger partial charge in [-0.2, -0.15) is 0 Å². The van der Waals surface area contributed by atoms with Crippen LogP contribution in [0.5, 0.6) is 0 Å². The molecule has 1 aromatic heterocycles. The highest BCUT2D eigenvalue weighted by Gasteiger charge is 2.23. The van der Waals surface area contributed by atoms with E-state index in [-0.39, 0.29) is 5.92 Å². The molecule has 4 heteroatoms. The molecular weight excluding hydrogens is 342 g/mol. The summed E-state index contributed by atoms with van der Waals surface area (Å²) in [5, 5.41) is 0. The van der Waals surface area contributed by atoms with Crippen LogP contribution in [0.1, 0.15) is 18.2 Å². The molecule has 26 heavy (non-hydrogen) atoms. The molecule has 0 fully saturated rings. The number of hydrogen-bond donors (Lipinski definition) is 0. The second kappa shape index (κ2) is 7.34. The normalized spacial score (nSPS) is 12.7. The Morgan fingerprint density at radius 3 is 2.31 bits per heavy atom. The lowest BCUT2D eigenvalue weighted by Gasteiger charge is -2.15. The summed E-state index contributed by atoms with van der Waals surface area (Å²) in [6.45, 7) is 7.83. The van der Waals surface area contributed by atoms with Crippen molar-refractivity contribution in [1.29, 1.82) is 0 Å². The minimum atomic E-state index is -3.65. The van der Waals surface area contributed by atoms with E-state index in [4.69, 9.17) is 0 Å². The zero-order chi connectivity index (χ0) is 18.7. The van der Waals surface area contributed by atoms with Crippen LogP contribution < -0.4 is 0 Å². The van der Waals surface area contributed by atoms with Gasteiger partial charge in [-0.15, -0.1) is 6.58 Å². The Labute approximate surface area is 155 Å². The van der Waals surface area contributed by atoms with Gasteiger partial charge in [0.1, 0.15) is 0 Å². The summed E-state index contributed by atoms with van der Waals surface area (Å²) in [4.78, 5) is 0.297. The quantitative estimate of drug-likeness (QED) is 0.572. The predicted molar refractivity (Wildman–Crippen MR) is 107 cm³/mol. The molecule has 0 amide bonds. The minimum absolute atomic E-state index is 0.166. The lowest BCUT2D eigenvalue weighted by atomic mass is 9.99. The van der Waals surface area contributed by atoms with Crippen molar-refractivity contribution in [1.82, 2.24) is 3.97 Å². The van der Waals surface area contributed by atoms with Gasteiger partial charge in [-0.3, -0.25) is 0 Å². The molecule has 3 aromatic rings. The number of aryl methyl sites for hydroxylation is 1. The van der Waals surface area contributed by atoms with Crippen LogP contribution in [-0.2, 0) is 16.4 Å². The van der Waals surface area contributed by atoms with Crippen LogP contribution in [-0.4, -0.2) is 12.4 Å². The Kier molecular flexibility index (Phi) is 5.14. The standard InChI is InChI=1S/C22H23NO2S/c1-4-17(2)16-22-21(19-8-6-5-7-9-19)14-15-23(22)26(24,25)20-12-10-18(3)11-13-20/h4-15,17H,1,16H2,2-3H3. The third-order valence-corrected chi connectivity index (χ3v) is 6.26. The van der Waals surface area contributed by atoms with E-state index in [1.165, 1.54) is 3.97 Å². The maximum Gasteiger partial charge on any atom is 0.267 e. The van der Waals surface area contributed by atoms with E-state index in [1.54, 1.807) is 18.3 Å². The molecule has 0 saturated heterocycles. The summed E-state index contributed by atoms with van der Waals surface area (Å²) in [5.41, 5.74) is 3.76. The lowest BCUT2D eigenvalue weighted by molar-refractivity contribution is 0.582. The summed E-state index contributed by atoms with van der Waals surface area (Å²) in [6.07, 6.45) is 4.11. The molecule has 1 atom stereocenters. The van der Waals surface area contributed by atoms with Crippen LogP contribution >= 0.6 is 0 Å². The summed E-state index contributed by atoms with van der Waals surface area (Å²) in [5.74, 6) is 0.166. The van der Waals surface area contributed by atoms with Gasteiger partial charge >= 0.3 is 0 Å². The van der Waals surface area contributed by atoms with Gasteiger partial charge in [-0.25, -0.2) is 12.4 Å². The van der Waals surface area contributed by atoms with Crippen LogP contribution in [0.3, 0.4) is 0 Å². The molecule has 0 spiro atoms. The minimum Gasteiger partial charge on any atom is -0.245 e. The van der Waals surface area contributed by atoms with E-state index >= 15 is 0 Å². The van der Waals surface area contributed by atoms with Gasteiger partial charge in [0.2, 0.25) is 0 Å². The summed E-state index contributed by atoms with van der Waals surface area (Å²) >= 11 is 0. The van der Waals surface area contributed by atoms with Gasteiger partial charge in [0.15, 0.2) is 0 Å². The first-order valence-corrected chi connectivity index (χ1v) is 10.1. The number of hydrogen-bond acceptors (Lipinski definition) is 2. The van der Waals surface area contributed by atoms with Crippen molar-refractivity contribution in [2.75, 3.05) is 0 Å². The van der Waals surface area contributed by atoms with Crippen LogP contribution in [0, 0.1) is 12.8 Å². The van der Waals surface area contributed by atoms with Gasteiger partial charge in [-0.1, -0.05) is 61.0 Å². The molecule has 0 aliphatic carbocycles. The molecule has 0 aliphatic heterocycles. The zero-order valence-corrected chi connectivity index (χ0v) is 15.9. The van der Waals surface area contributed by atoms with Crippen molar-refractivity contribution in [3.8, 4) is 11.1 Å². The van der Waals surface area contributed by atoms with E-state index in [0.29, 0.717) is 11.3 Å². The van der Waals surface area contributed by atoms with Crippen molar-refractivity contribution in [3.05, 3.63) is 90.8 Å². The van der Waals surface area contributed by atoms with E-state index in [2.05, 4.69) is 6.58 Å². The molecular formula is C22H23NO2S. The highest BCUT2D eigenvalue weighted by molar-refractivity contribution is 7.90. The largest absolute Gasteiger partial charge is 0.267 e. The molecule has 0 bridgehead atoms. The summed E-state index contributed by atoms with van der Waals surface area (Å²) in [6, 6.07) is 18.7. The molecule has 3 nitrogen and oxygen atoms in total. The molecule has 2 aromatic carbocycles. The maximum atomic E-state index is 13.2. The Balaban J connectivity index is 2.16. The van der Waals surface area contributed by atoms with Crippen molar-refractivity contribution >= 4 is 10.0 Å². The number of aromatic nitrogens is 1. The highest BCUT2D eigenvalue weighted by atomic mass is 32.2. The zero-order valence-electron chi connectivity index (χ0n) is 15.1. The van der Waals surface area contributed by atoms with Gasteiger partial charge in [0, 0.05) is 17.5 Å². The molecule has 0 aliphatic rings. The third-order valence-electron chi connectivity index (χ3n) is 4.53. The number of benzene rings is 2. The fraction of sp³-hybridized carbons (Fsp3) is 0.182. The monoisotopic (exact) mass is 365 g/mol. The van der Waals surface area contributed by atoms with E-state index < -0.39 is 10.0 Å². The fourth-order valence-electron chi connectivity index (χ4n) is 2.96. The summed E-state index contributed by atoms with van der Waals surface area (Å²) < 4.78 is 27.9. The van der Waals surface area contributed by atoms with Gasteiger partial charge < -0.3 is 0 Å². The second-order valence-electron chi connectivity index (χ2n) is 6.57. The SMILES string of the molecule is C=CC(C)Cc1c(-c2ccccc2)ccn1S(=O)(=O)c1ccc(C)cc1. The van der Waals surface area contributed by atoms with Crippen LogP contribution in [0.4, 0.5) is 0 Å². The van der Waals surface area contributed by atoms with Crippen LogP contribution in [0.15, 0.2) is 84.4 Å². The predicted octanol–water partition coefficient (Wildman–Crippen LogP) is 5.07. The Bertz CT molecular complexity index is 1000. The molecule has 1 heterocycles. The van der Waals surface area contributed by atoms with E-state index in [0.717, 1.165) is 22.4 Å². The fourth-order valence-corrected chi connectivity index (χ4v) is 4.36. The highest BCUT2D eigenvalue weighted by Crippen LogP contribution is 2.30. The smallest absolute Gasteiger partial charge is 0.245 e. The first kappa shape index (κ1) is 18.2. The molecule has 1 unspecified atom stereocenters. The van der Waals surface area contributed by atoms with Gasteiger partial charge in [0.05, 0.1) is 4.90 Å². The Morgan fingerprint density at radius 2 is 1.69 bits per heavy atom. The van der Waals surface area contributed by atoms with E-state index in [1.807, 2.05) is 68.5 Å². The van der Waals surface area contributed by atoms with Gasteiger partial charge in [0.25, 0.3) is 10.0 Å². The number of nitrogens with zero attached hydrogens (tertiary/aromatic N) is 1. The first-order valence-electron chi connectivity index (χ1n) is 8.64. The molecule has 0 radical (unpaired) electrons. The number of allylic oxidation sites excluding steroid dienone is 1. The topological polar surface area (TPSA) is 39.1 Å². The Morgan fingerprint density at radius 1 is 1.04 bits per heavy atom. The molecule has 134 valence electrons. The average Bonchev–Trinajstić information content (AvgIpc) is 3.07. The first-order chi connectivity index (χ1) is 12.4. The van der Waals surface area contributed by atoms with Crippen molar-refractivity contribution in [3.63, 3.8) is 0 Å². The maximum absolute atomic E-state index is 13.2. The molecule has 3 rings (SSSR count). The van der Waals surface area contributed by atoms with Crippen LogP contribution in [0.2, 0.25) is 0 Å². The van der Waals surface area contributed by atoms with Crippen LogP contribution in [0.25, 0.3) is 11.1 Å². The summed E-state index contributed by atoms with van der Waals surface area (Å²) in [7, 11) is -3.65. The third kappa shape index (κ3) is 3.51. The second-order valence-corrected chi connectivity index (χ2v) is 8.39. The van der Waals surface area contributed by atoms with Crippen molar-refractivity contribution < 1.29 is 8.42 Å².